The highest BCUT2D eigenvalue weighted by molar-refractivity contribution is 6.15. The lowest BCUT2D eigenvalue weighted by molar-refractivity contribution is 0.669. The molecule has 2 aromatic heterocycles. The number of benzene rings is 9. The fourth-order valence-electron chi connectivity index (χ4n) is 8.05. The fraction of sp³-hybridized carbons (Fsp3) is 0. The van der Waals surface area contributed by atoms with Gasteiger partial charge in [-0.25, -0.2) is 15.0 Å². The summed E-state index contributed by atoms with van der Waals surface area (Å²) in [6.45, 7) is 0. The molecule has 266 valence electrons. The predicted octanol–water partition coefficient (Wildman–Crippen LogP) is 14.1. The first-order valence-electron chi connectivity index (χ1n) is 19.2. The molecule has 0 atom stereocenters. The van der Waals surface area contributed by atoms with Crippen molar-refractivity contribution < 1.29 is 4.42 Å². The lowest BCUT2D eigenvalue weighted by Gasteiger charge is -2.12. The summed E-state index contributed by atoms with van der Waals surface area (Å²) in [5.74, 6) is 1.87. The minimum Gasteiger partial charge on any atom is -0.456 e. The molecule has 0 radical (unpaired) electrons. The Morgan fingerprint density at radius 2 is 0.737 bits per heavy atom. The molecule has 0 unspecified atom stereocenters. The number of fused-ring (bicyclic) bond motifs is 5. The molecule has 0 aliphatic heterocycles. The number of rotatable bonds is 6. The molecule has 0 amide bonds. The maximum atomic E-state index is 6.38. The molecular weight excluding hydrogens is 695 g/mol. The quantitative estimate of drug-likeness (QED) is 0.171. The Kier molecular flexibility index (Phi) is 7.78. The Balaban J connectivity index is 1.00. The summed E-state index contributed by atoms with van der Waals surface area (Å²) in [5, 5.41) is 6.89. The van der Waals surface area contributed by atoms with E-state index >= 15 is 0 Å². The van der Waals surface area contributed by atoms with Crippen LogP contribution in [0.4, 0.5) is 0 Å². The van der Waals surface area contributed by atoms with Gasteiger partial charge >= 0.3 is 0 Å². The highest BCUT2D eigenvalue weighted by Gasteiger charge is 2.17. The average molecular weight is 728 g/mol. The van der Waals surface area contributed by atoms with Crippen LogP contribution in [-0.4, -0.2) is 15.0 Å². The van der Waals surface area contributed by atoms with Gasteiger partial charge in [-0.2, -0.15) is 0 Å². The van der Waals surface area contributed by atoms with Gasteiger partial charge in [-0.15, -0.1) is 0 Å². The zero-order valence-corrected chi connectivity index (χ0v) is 30.8. The topological polar surface area (TPSA) is 51.8 Å². The van der Waals surface area contributed by atoms with Crippen LogP contribution in [0, 0.1) is 0 Å². The first kappa shape index (κ1) is 32.7. The van der Waals surface area contributed by atoms with E-state index in [1.54, 1.807) is 0 Å². The van der Waals surface area contributed by atoms with Crippen LogP contribution in [0.3, 0.4) is 0 Å². The highest BCUT2D eigenvalue weighted by atomic mass is 16.3. The SMILES string of the molecule is c1ccc(-c2ccccc2-c2ccc(-c3nc(-c4ccc(-c5cccc6oc7cc8ccccc8cc7c56)cc4)nc(-c4ccc5ccccc5c4)n3)cc2)cc1. The van der Waals surface area contributed by atoms with Gasteiger partial charge in [0.2, 0.25) is 0 Å². The molecule has 4 heteroatoms. The average Bonchev–Trinajstić information content (AvgIpc) is 3.66. The first-order valence-corrected chi connectivity index (χ1v) is 19.2. The molecule has 4 nitrogen and oxygen atoms in total. The third kappa shape index (κ3) is 5.92. The summed E-state index contributed by atoms with van der Waals surface area (Å²) in [6.07, 6.45) is 0. The molecule has 0 aliphatic carbocycles. The van der Waals surface area contributed by atoms with Crippen molar-refractivity contribution in [3.05, 3.63) is 200 Å². The molecule has 57 heavy (non-hydrogen) atoms. The summed E-state index contributed by atoms with van der Waals surface area (Å²) in [7, 11) is 0. The second kappa shape index (κ2) is 13.6. The monoisotopic (exact) mass is 727 g/mol. The molecule has 9 aromatic carbocycles. The zero-order valence-electron chi connectivity index (χ0n) is 30.8. The van der Waals surface area contributed by atoms with Crippen molar-refractivity contribution in [1.82, 2.24) is 15.0 Å². The lowest BCUT2D eigenvalue weighted by atomic mass is 9.94. The third-order valence-corrected chi connectivity index (χ3v) is 10.9. The first-order chi connectivity index (χ1) is 28.2. The summed E-state index contributed by atoms with van der Waals surface area (Å²) in [6, 6.07) is 70.0. The third-order valence-electron chi connectivity index (χ3n) is 10.9. The maximum Gasteiger partial charge on any atom is 0.164 e. The molecular formula is C53H33N3O. The van der Waals surface area contributed by atoms with Crippen LogP contribution < -0.4 is 0 Å². The predicted molar refractivity (Wildman–Crippen MR) is 235 cm³/mol. The van der Waals surface area contributed by atoms with Crippen LogP contribution in [-0.2, 0) is 0 Å². The van der Waals surface area contributed by atoms with E-state index in [0.717, 1.165) is 60.7 Å². The van der Waals surface area contributed by atoms with Gasteiger partial charge in [0.05, 0.1) is 0 Å². The van der Waals surface area contributed by atoms with E-state index in [1.165, 1.54) is 32.8 Å². The van der Waals surface area contributed by atoms with Crippen molar-refractivity contribution in [3.63, 3.8) is 0 Å². The zero-order chi connectivity index (χ0) is 37.7. The van der Waals surface area contributed by atoms with Gasteiger partial charge in [0.1, 0.15) is 11.2 Å². The van der Waals surface area contributed by atoms with Crippen LogP contribution >= 0.6 is 0 Å². The second-order valence-electron chi connectivity index (χ2n) is 14.4. The van der Waals surface area contributed by atoms with Gasteiger partial charge in [-0.1, -0.05) is 176 Å². The Morgan fingerprint density at radius 1 is 0.281 bits per heavy atom. The van der Waals surface area contributed by atoms with Crippen molar-refractivity contribution in [2.75, 3.05) is 0 Å². The molecule has 2 heterocycles. The van der Waals surface area contributed by atoms with Gasteiger partial charge in [-0.05, 0) is 79.2 Å². The molecule has 0 aliphatic rings. The number of aromatic nitrogens is 3. The van der Waals surface area contributed by atoms with E-state index in [1.807, 2.05) is 6.07 Å². The number of furan rings is 1. The van der Waals surface area contributed by atoms with Gasteiger partial charge in [0, 0.05) is 27.5 Å². The van der Waals surface area contributed by atoms with Crippen molar-refractivity contribution in [2.45, 2.75) is 0 Å². The smallest absolute Gasteiger partial charge is 0.164 e. The largest absolute Gasteiger partial charge is 0.456 e. The molecule has 0 saturated heterocycles. The van der Waals surface area contributed by atoms with Crippen LogP contribution in [0.25, 0.3) is 111 Å². The number of hydrogen-bond donors (Lipinski definition) is 0. The van der Waals surface area contributed by atoms with Crippen LogP contribution in [0.2, 0.25) is 0 Å². The van der Waals surface area contributed by atoms with E-state index in [4.69, 9.17) is 19.4 Å². The minimum absolute atomic E-state index is 0.617. The summed E-state index contributed by atoms with van der Waals surface area (Å²) in [5.41, 5.74) is 11.4. The van der Waals surface area contributed by atoms with Crippen molar-refractivity contribution >= 4 is 43.5 Å². The van der Waals surface area contributed by atoms with Crippen molar-refractivity contribution in [3.8, 4) is 67.5 Å². The lowest BCUT2D eigenvalue weighted by Crippen LogP contribution is -2.00. The summed E-state index contributed by atoms with van der Waals surface area (Å²) in [4.78, 5) is 15.3. The van der Waals surface area contributed by atoms with E-state index in [9.17, 15) is 0 Å². The number of hydrogen-bond acceptors (Lipinski definition) is 4. The summed E-state index contributed by atoms with van der Waals surface area (Å²) >= 11 is 0. The van der Waals surface area contributed by atoms with Gasteiger partial charge in [0.25, 0.3) is 0 Å². The van der Waals surface area contributed by atoms with Crippen LogP contribution in [0.1, 0.15) is 0 Å². The molecule has 11 rings (SSSR count). The Bertz CT molecular complexity index is 3280. The summed E-state index contributed by atoms with van der Waals surface area (Å²) < 4.78 is 6.38. The minimum atomic E-state index is 0.617. The van der Waals surface area contributed by atoms with E-state index < -0.39 is 0 Å². The standard InChI is InChI=1S/C53H33N3O/c1-2-12-35(13-3-1)44-17-8-9-18-45(44)36-22-26-38(27-23-36)51-54-52(56-53(55-51)43-30-21-34-11-4-5-14-40(34)31-43)39-28-24-37(25-29-39)46-19-10-20-48-50(46)47-32-41-15-6-7-16-42(41)33-49(47)57-48/h1-33H. The molecule has 0 saturated carbocycles. The molecule has 11 aromatic rings. The normalized spacial score (nSPS) is 11.5. The Morgan fingerprint density at radius 3 is 1.39 bits per heavy atom. The molecule has 0 fully saturated rings. The molecule has 0 N–H and O–H groups in total. The highest BCUT2D eigenvalue weighted by Crippen LogP contribution is 2.39. The maximum absolute atomic E-state index is 6.38. The Labute approximate surface area is 329 Å². The number of nitrogens with zero attached hydrogens (tertiary/aromatic N) is 3. The fourth-order valence-corrected chi connectivity index (χ4v) is 8.05. The molecule has 0 spiro atoms. The van der Waals surface area contributed by atoms with E-state index in [2.05, 4.69) is 194 Å². The van der Waals surface area contributed by atoms with E-state index in [-0.39, 0.29) is 0 Å². The van der Waals surface area contributed by atoms with Crippen LogP contribution in [0.5, 0.6) is 0 Å². The van der Waals surface area contributed by atoms with Crippen molar-refractivity contribution in [2.24, 2.45) is 0 Å². The second-order valence-corrected chi connectivity index (χ2v) is 14.4. The van der Waals surface area contributed by atoms with Gasteiger partial charge < -0.3 is 4.42 Å². The van der Waals surface area contributed by atoms with E-state index in [0.29, 0.717) is 17.5 Å². The Hall–Kier alpha value is -7.69. The molecule has 0 bridgehead atoms. The van der Waals surface area contributed by atoms with Gasteiger partial charge in [0.15, 0.2) is 17.5 Å². The van der Waals surface area contributed by atoms with Crippen LogP contribution in [0.15, 0.2) is 205 Å². The van der Waals surface area contributed by atoms with Crippen molar-refractivity contribution in [1.29, 1.82) is 0 Å². The van der Waals surface area contributed by atoms with Gasteiger partial charge in [-0.3, -0.25) is 0 Å².